The third kappa shape index (κ3) is 5.00. The molecule has 16 heavy (non-hydrogen) atoms. The van der Waals surface area contributed by atoms with Gasteiger partial charge in [-0.05, 0) is 30.5 Å². The summed E-state index contributed by atoms with van der Waals surface area (Å²) in [4.78, 5) is 0. The predicted molar refractivity (Wildman–Crippen MR) is 75.2 cm³/mol. The molecule has 0 spiro atoms. The van der Waals surface area contributed by atoms with E-state index in [1.807, 2.05) is 6.08 Å². The molecule has 0 aliphatic heterocycles. The standard InChI is InChI=1S/C15H20Si/c1-5-6-7-14-8-10-15(11-9-14)12-13-16(2,3)4/h5,8-11H,1,6-7H2,2-4H3. The number of aryl methyl sites for hydroxylation is 1. The van der Waals surface area contributed by atoms with Crippen LogP contribution in [0.4, 0.5) is 0 Å². The van der Waals surface area contributed by atoms with Crippen LogP contribution in [0.3, 0.4) is 0 Å². The zero-order chi connectivity index (χ0) is 12.0. The third-order valence-electron chi connectivity index (χ3n) is 2.17. The summed E-state index contributed by atoms with van der Waals surface area (Å²) in [6, 6.07) is 8.56. The van der Waals surface area contributed by atoms with E-state index in [9.17, 15) is 0 Å². The first-order valence-electron chi connectivity index (χ1n) is 5.74. The Morgan fingerprint density at radius 1 is 1.19 bits per heavy atom. The largest absolute Gasteiger partial charge is 0.129 e. The van der Waals surface area contributed by atoms with Gasteiger partial charge in [0.2, 0.25) is 0 Å². The molecule has 1 heteroatoms. The molecule has 1 rings (SSSR count). The lowest BCUT2D eigenvalue weighted by Crippen LogP contribution is -2.16. The van der Waals surface area contributed by atoms with Gasteiger partial charge in [0.1, 0.15) is 8.07 Å². The maximum absolute atomic E-state index is 3.73. The van der Waals surface area contributed by atoms with Gasteiger partial charge in [-0.3, -0.25) is 0 Å². The molecule has 0 bridgehead atoms. The van der Waals surface area contributed by atoms with E-state index in [4.69, 9.17) is 0 Å². The molecule has 0 nitrogen and oxygen atoms in total. The van der Waals surface area contributed by atoms with Crippen molar-refractivity contribution in [1.29, 1.82) is 0 Å². The zero-order valence-corrected chi connectivity index (χ0v) is 11.5. The van der Waals surface area contributed by atoms with Crippen molar-refractivity contribution in [3.8, 4) is 11.5 Å². The summed E-state index contributed by atoms with van der Waals surface area (Å²) in [5.41, 5.74) is 5.86. The molecule has 0 radical (unpaired) electrons. The molecule has 0 unspecified atom stereocenters. The van der Waals surface area contributed by atoms with E-state index in [0.717, 1.165) is 18.4 Å². The molecule has 0 fully saturated rings. The van der Waals surface area contributed by atoms with Gasteiger partial charge in [-0.2, -0.15) is 0 Å². The second kappa shape index (κ2) is 5.72. The topological polar surface area (TPSA) is 0 Å². The van der Waals surface area contributed by atoms with Crippen LogP contribution in [0, 0.1) is 11.5 Å². The Labute approximate surface area is 100 Å². The Morgan fingerprint density at radius 2 is 1.81 bits per heavy atom. The van der Waals surface area contributed by atoms with E-state index in [2.05, 4.69) is 61.9 Å². The van der Waals surface area contributed by atoms with Crippen LogP contribution < -0.4 is 0 Å². The fraction of sp³-hybridized carbons (Fsp3) is 0.333. The van der Waals surface area contributed by atoms with Crippen molar-refractivity contribution in [3.05, 3.63) is 48.0 Å². The molecular formula is C15H20Si. The highest BCUT2D eigenvalue weighted by Gasteiger charge is 2.07. The molecule has 1 aromatic carbocycles. The van der Waals surface area contributed by atoms with Crippen LogP contribution in [0.15, 0.2) is 36.9 Å². The van der Waals surface area contributed by atoms with Crippen LogP contribution in [0.1, 0.15) is 17.5 Å². The molecule has 84 valence electrons. The van der Waals surface area contributed by atoms with Crippen molar-refractivity contribution in [2.24, 2.45) is 0 Å². The van der Waals surface area contributed by atoms with Crippen LogP contribution in [-0.4, -0.2) is 8.07 Å². The average molecular weight is 228 g/mol. The van der Waals surface area contributed by atoms with E-state index >= 15 is 0 Å². The lowest BCUT2D eigenvalue weighted by atomic mass is 10.1. The van der Waals surface area contributed by atoms with Gasteiger partial charge in [0.15, 0.2) is 0 Å². The van der Waals surface area contributed by atoms with Gasteiger partial charge in [-0.1, -0.05) is 43.8 Å². The Hall–Kier alpha value is -1.26. The van der Waals surface area contributed by atoms with Crippen molar-refractivity contribution in [2.45, 2.75) is 32.5 Å². The smallest absolute Gasteiger partial charge is 0.127 e. The summed E-state index contributed by atoms with van der Waals surface area (Å²) < 4.78 is 0. The van der Waals surface area contributed by atoms with Crippen molar-refractivity contribution < 1.29 is 0 Å². The fourth-order valence-corrected chi connectivity index (χ4v) is 1.80. The highest BCUT2D eigenvalue weighted by molar-refractivity contribution is 6.83. The predicted octanol–water partition coefficient (Wildman–Crippen LogP) is 4.03. The van der Waals surface area contributed by atoms with Gasteiger partial charge < -0.3 is 0 Å². The Bertz CT molecular complexity index is 396. The van der Waals surface area contributed by atoms with Crippen molar-refractivity contribution in [3.63, 3.8) is 0 Å². The summed E-state index contributed by atoms with van der Waals surface area (Å²) in [7, 11) is -1.25. The van der Waals surface area contributed by atoms with Gasteiger partial charge in [0, 0.05) is 5.56 Å². The molecule has 0 saturated carbocycles. The summed E-state index contributed by atoms with van der Waals surface area (Å²) in [6.07, 6.45) is 4.07. The molecular weight excluding hydrogens is 208 g/mol. The first kappa shape index (κ1) is 12.8. The molecule has 0 saturated heterocycles. The molecule has 0 N–H and O–H groups in total. The second-order valence-electron chi connectivity index (χ2n) is 5.02. The number of benzene rings is 1. The van der Waals surface area contributed by atoms with Crippen LogP contribution in [-0.2, 0) is 6.42 Å². The van der Waals surface area contributed by atoms with Crippen molar-refractivity contribution in [2.75, 3.05) is 0 Å². The van der Waals surface area contributed by atoms with Crippen molar-refractivity contribution >= 4 is 8.07 Å². The lowest BCUT2D eigenvalue weighted by Gasteiger charge is -2.03. The van der Waals surface area contributed by atoms with E-state index in [1.54, 1.807) is 0 Å². The van der Waals surface area contributed by atoms with Gasteiger partial charge in [0.25, 0.3) is 0 Å². The number of allylic oxidation sites excluding steroid dienone is 1. The number of rotatable bonds is 3. The minimum Gasteiger partial charge on any atom is -0.127 e. The summed E-state index contributed by atoms with van der Waals surface area (Å²) in [6.45, 7) is 10.5. The monoisotopic (exact) mass is 228 g/mol. The quantitative estimate of drug-likeness (QED) is 0.416. The fourth-order valence-electron chi connectivity index (χ4n) is 1.28. The Kier molecular flexibility index (Phi) is 4.58. The summed E-state index contributed by atoms with van der Waals surface area (Å²) in [5, 5.41) is 0. The maximum atomic E-state index is 3.73. The molecule has 0 heterocycles. The molecule has 0 aliphatic carbocycles. The van der Waals surface area contributed by atoms with Crippen LogP contribution in [0.2, 0.25) is 19.6 Å². The molecule has 0 amide bonds. The normalized spacial score (nSPS) is 10.4. The SMILES string of the molecule is C=CCCc1ccc(C#C[Si](C)(C)C)cc1. The number of hydrogen-bond acceptors (Lipinski definition) is 0. The molecule has 1 aromatic rings. The zero-order valence-electron chi connectivity index (χ0n) is 10.5. The van der Waals surface area contributed by atoms with E-state index in [0.29, 0.717) is 0 Å². The Morgan fingerprint density at radius 3 is 2.31 bits per heavy atom. The van der Waals surface area contributed by atoms with Crippen LogP contribution in [0.5, 0.6) is 0 Å². The van der Waals surface area contributed by atoms with Crippen LogP contribution >= 0.6 is 0 Å². The van der Waals surface area contributed by atoms with Gasteiger partial charge in [-0.15, -0.1) is 12.1 Å². The maximum Gasteiger partial charge on any atom is 0.129 e. The molecule has 0 aromatic heterocycles. The summed E-state index contributed by atoms with van der Waals surface area (Å²) >= 11 is 0. The van der Waals surface area contributed by atoms with E-state index in [1.165, 1.54) is 5.56 Å². The molecule has 0 aliphatic rings. The number of hydrogen-bond donors (Lipinski definition) is 0. The first-order chi connectivity index (χ1) is 7.51. The Balaban J connectivity index is 2.70. The minimum absolute atomic E-state index is 1.04. The average Bonchev–Trinajstić information content (AvgIpc) is 2.24. The van der Waals surface area contributed by atoms with Crippen LogP contribution in [0.25, 0.3) is 0 Å². The highest BCUT2D eigenvalue weighted by atomic mass is 28.3. The second-order valence-corrected chi connectivity index (χ2v) is 9.77. The van der Waals surface area contributed by atoms with Gasteiger partial charge in [-0.25, -0.2) is 0 Å². The van der Waals surface area contributed by atoms with E-state index in [-0.39, 0.29) is 0 Å². The van der Waals surface area contributed by atoms with Gasteiger partial charge >= 0.3 is 0 Å². The van der Waals surface area contributed by atoms with Gasteiger partial charge in [0.05, 0.1) is 0 Å². The lowest BCUT2D eigenvalue weighted by molar-refractivity contribution is 1.00. The van der Waals surface area contributed by atoms with E-state index < -0.39 is 8.07 Å². The van der Waals surface area contributed by atoms with Crippen molar-refractivity contribution in [1.82, 2.24) is 0 Å². The highest BCUT2D eigenvalue weighted by Crippen LogP contribution is 2.07. The summed E-state index contributed by atoms with van der Waals surface area (Å²) in [5.74, 6) is 3.26. The first-order valence-corrected chi connectivity index (χ1v) is 9.24. The molecule has 0 atom stereocenters. The minimum atomic E-state index is -1.25. The third-order valence-corrected chi connectivity index (χ3v) is 3.05.